The molecular formula is C18H27F3IN3O2. The Labute approximate surface area is 175 Å². The van der Waals surface area contributed by atoms with Crippen molar-refractivity contribution in [3.05, 3.63) is 29.3 Å². The first-order valence-corrected chi connectivity index (χ1v) is 8.68. The van der Waals surface area contributed by atoms with Crippen molar-refractivity contribution in [2.45, 2.75) is 32.5 Å². The zero-order valence-electron chi connectivity index (χ0n) is 15.6. The summed E-state index contributed by atoms with van der Waals surface area (Å²) in [5.41, 5.74) is 2.01. The number of halogens is 4. The molecular weight excluding hydrogens is 474 g/mol. The number of hydrogen-bond donors (Lipinski definition) is 2. The fourth-order valence-electron chi connectivity index (χ4n) is 2.59. The van der Waals surface area contributed by atoms with Gasteiger partial charge in [-0.05, 0) is 25.0 Å². The lowest BCUT2D eigenvalue weighted by Crippen LogP contribution is -2.38. The number of ether oxygens (including phenoxy) is 2. The number of rotatable bonds is 7. The second kappa shape index (κ2) is 11.6. The van der Waals surface area contributed by atoms with Crippen LogP contribution in [0.5, 0.6) is 5.75 Å². The molecule has 0 aliphatic carbocycles. The maximum Gasteiger partial charge on any atom is 0.390 e. The highest BCUT2D eigenvalue weighted by Crippen LogP contribution is 2.23. The van der Waals surface area contributed by atoms with Gasteiger partial charge >= 0.3 is 6.18 Å². The standard InChI is InChI=1S/C18H26F3N3O2.HI/c1-13-3-4-15(16(9-13)26-12-14-5-8-25-11-14)10-24-17(22-2)23-7-6-18(19,20)21;/h3-4,9,14H,5-8,10-12H2,1-2H3,(H2,22,23,24);1H. The maximum atomic E-state index is 12.2. The fourth-order valence-corrected chi connectivity index (χ4v) is 2.59. The predicted octanol–water partition coefficient (Wildman–Crippen LogP) is 3.65. The number of aryl methyl sites for hydroxylation is 1. The fraction of sp³-hybridized carbons (Fsp3) is 0.611. The van der Waals surface area contributed by atoms with Gasteiger partial charge < -0.3 is 20.1 Å². The molecule has 0 aromatic heterocycles. The van der Waals surface area contributed by atoms with Gasteiger partial charge in [0, 0.05) is 38.2 Å². The minimum atomic E-state index is -4.19. The molecule has 1 atom stereocenters. The molecule has 0 amide bonds. The van der Waals surface area contributed by atoms with E-state index in [1.165, 1.54) is 7.05 Å². The summed E-state index contributed by atoms with van der Waals surface area (Å²) in [6, 6.07) is 5.89. The zero-order valence-corrected chi connectivity index (χ0v) is 17.9. The summed E-state index contributed by atoms with van der Waals surface area (Å²) in [5, 5.41) is 5.69. The number of guanidine groups is 1. The molecule has 1 fully saturated rings. The maximum absolute atomic E-state index is 12.2. The minimum absolute atomic E-state index is 0. The van der Waals surface area contributed by atoms with Crippen LogP contribution in [0.2, 0.25) is 0 Å². The van der Waals surface area contributed by atoms with Crippen molar-refractivity contribution >= 4 is 29.9 Å². The molecule has 0 spiro atoms. The highest BCUT2D eigenvalue weighted by Gasteiger charge is 2.26. The first-order chi connectivity index (χ1) is 12.4. The minimum Gasteiger partial charge on any atom is -0.493 e. The van der Waals surface area contributed by atoms with Gasteiger partial charge in [0.05, 0.1) is 19.6 Å². The number of hydrogen-bond acceptors (Lipinski definition) is 3. The summed E-state index contributed by atoms with van der Waals surface area (Å²) >= 11 is 0. The molecule has 0 saturated carbocycles. The lowest BCUT2D eigenvalue weighted by atomic mass is 10.1. The summed E-state index contributed by atoms with van der Waals surface area (Å²) in [4.78, 5) is 3.95. The van der Waals surface area contributed by atoms with Crippen LogP contribution < -0.4 is 15.4 Å². The van der Waals surface area contributed by atoms with Gasteiger partial charge in [-0.1, -0.05) is 12.1 Å². The number of nitrogens with one attached hydrogen (secondary N) is 2. The third-order valence-corrected chi connectivity index (χ3v) is 4.09. The summed E-state index contributed by atoms with van der Waals surface area (Å²) in [5.74, 6) is 1.49. The average molecular weight is 501 g/mol. The van der Waals surface area contributed by atoms with Crippen molar-refractivity contribution in [3.8, 4) is 5.75 Å². The van der Waals surface area contributed by atoms with E-state index < -0.39 is 12.6 Å². The lowest BCUT2D eigenvalue weighted by molar-refractivity contribution is -0.132. The Balaban J connectivity index is 0.00000364. The highest BCUT2D eigenvalue weighted by atomic mass is 127. The Bertz CT molecular complexity index is 606. The van der Waals surface area contributed by atoms with Crippen molar-refractivity contribution in [2.75, 3.05) is 33.4 Å². The number of alkyl halides is 3. The molecule has 1 aromatic carbocycles. The molecule has 1 heterocycles. The Morgan fingerprint density at radius 1 is 1.33 bits per heavy atom. The molecule has 0 radical (unpaired) electrons. The Morgan fingerprint density at radius 2 is 2.11 bits per heavy atom. The van der Waals surface area contributed by atoms with Gasteiger partial charge in [-0.25, -0.2) is 0 Å². The third kappa shape index (κ3) is 9.00. The van der Waals surface area contributed by atoms with Gasteiger partial charge in [-0.3, -0.25) is 4.99 Å². The summed E-state index contributed by atoms with van der Waals surface area (Å²) < 4.78 is 48.0. The van der Waals surface area contributed by atoms with E-state index in [1.807, 2.05) is 25.1 Å². The predicted molar refractivity (Wildman–Crippen MR) is 110 cm³/mol. The van der Waals surface area contributed by atoms with Crippen LogP contribution in [0.4, 0.5) is 13.2 Å². The Hall–Kier alpha value is -1.23. The van der Waals surface area contributed by atoms with Crippen LogP contribution in [0.25, 0.3) is 0 Å². The molecule has 1 aliphatic rings. The van der Waals surface area contributed by atoms with Crippen molar-refractivity contribution in [1.82, 2.24) is 10.6 Å². The van der Waals surface area contributed by atoms with Gasteiger partial charge in [0.1, 0.15) is 5.75 Å². The first kappa shape index (κ1) is 23.8. The van der Waals surface area contributed by atoms with Crippen LogP contribution in [0.15, 0.2) is 23.2 Å². The highest BCUT2D eigenvalue weighted by molar-refractivity contribution is 14.0. The second-order valence-corrected chi connectivity index (χ2v) is 6.37. The van der Waals surface area contributed by atoms with E-state index in [0.29, 0.717) is 25.0 Å². The molecule has 2 rings (SSSR count). The van der Waals surface area contributed by atoms with E-state index in [1.54, 1.807) is 0 Å². The van der Waals surface area contributed by atoms with Crippen LogP contribution in [0.3, 0.4) is 0 Å². The monoisotopic (exact) mass is 501 g/mol. The SMILES string of the molecule is CN=C(NCCC(F)(F)F)NCc1ccc(C)cc1OCC1CCOC1.I. The topological polar surface area (TPSA) is 54.9 Å². The third-order valence-electron chi connectivity index (χ3n) is 4.09. The van der Waals surface area contributed by atoms with Crippen LogP contribution >= 0.6 is 24.0 Å². The second-order valence-electron chi connectivity index (χ2n) is 6.37. The molecule has 0 bridgehead atoms. The largest absolute Gasteiger partial charge is 0.493 e. The Morgan fingerprint density at radius 3 is 2.74 bits per heavy atom. The van der Waals surface area contributed by atoms with Crippen molar-refractivity contribution in [2.24, 2.45) is 10.9 Å². The summed E-state index contributed by atoms with van der Waals surface area (Å²) in [6.45, 7) is 4.26. The molecule has 1 aromatic rings. The summed E-state index contributed by atoms with van der Waals surface area (Å²) in [6.07, 6.45) is -4.10. The quantitative estimate of drug-likeness (QED) is 0.341. The number of nitrogens with zero attached hydrogens (tertiary/aromatic N) is 1. The first-order valence-electron chi connectivity index (χ1n) is 8.68. The smallest absolute Gasteiger partial charge is 0.390 e. The molecule has 1 unspecified atom stereocenters. The van der Waals surface area contributed by atoms with Gasteiger partial charge in [0.15, 0.2) is 5.96 Å². The number of benzene rings is 1. The van der Waals surface area contributed by atoms with Crippen LogP contribution in [-0.2, 0) is 11.3 Å². The van der Waals surface area contributed by atoms with E-state index in [4.69, 9.17) is 9.47 Å². The van der Waals surface area contributed by atoms with Crippen molar-refractivity contribution in [3.63, 3.8) is 0 Å². The number of aliphatic imine (C=N–C) groups is 1. The molecule has 1 aliphatic heterocycles. The van der Waals surface area contributed by atoms with Crippen molar-refractivity contribution < 1.29 is 22.6 Å². The zero-order chi connectivity index (χ0) is 19.0. The summed E-state index contributed by atoms with van der Waals surface area (Å²) in [7, 11) is 1.52. The van der Waals surface area contributed by atoms with E-state index in [2.05, 4.69) is 15.6 Å². The molecule has 1 saturated heterocycles. The van der Waals surface area contributed by atoms with Gasteiger partial charge in [-0.15, -0.1) is 24.0 Å². The van der Waals surface area contributed by atoms with Crippen LogP contribution in [0, 0.1) is 12.8 Å². The Kier molecular flexibility index (Phi) is 10.2. The van der Waals surface area contributed by atoms with E-state index in [9.17, 15) is 13.2 Å². The van der Waals surface area contributed by atoms with Crippen molar-refractivity contribution in [1.29, 1.82) is 0 Å². The van der Waals surface area contributed by atoms with E-state index in [0.717, 1.165) is 36.5 Å². The molecule has 9 heteroatoms. The van der Waals surface area contributed by atoms with E-state index >= 15 is 0 Å². The normalized spacial score (nSPS) is 17.4. The molecule has 2 N–H and O–H groups in total. The lowest BCUT2D eigenvalue weighted by Gasteiger charge is -2.17. The van der Waals surface area contributed by atoms with Crippen LogP contribution in [-0.4, -0.2) is 45.5 Å². The average Bonchev–Trinajstić information content (AvgIpc) is 3.09. The molecule has 5 nitrogen and oxygen atoms in total. The van der Waals surface area contributed by atoms with Crippen LogP contribution in [0.1, 0.15) is 24.0 Å². The molecule has 154 valence electrons. The van der Waals surface area contributed by atoms with Gasteiger partial charge in [-0.2, -0.15) is 13.2 Å². The molecule has 27 heavy (non-hydrogen) atoms. The van der Waals surface area contributed by atoms with E-state index in [-0.39, 0.29) is 30.5 Å². The van der Waals surface area contributed by atoms with Gasteiger partial charge in [0.25, 0.3) is 0 Å². The van der Waals surface area contributed by atoms with Gasteiger partial charge in [0.2, 0.25) is 0 Å².